The molecule has 0 aliphatic heterocycles. The maximum atomic E-state index is 12.0. The van der Waals surface area contributed by atoms with Gasteiger partial charge in [0.05, 0.1) is 6.10 Å². The number of rotatable bonds is 5. The summed E-state index contributed by atoms with van der Waals surface area (Å²) in [7, 11) is 0. The van der Waals surface area contributed by atoms with Crippen LogP contribution in [0, 0.1) is 0 Å². The van der Waals surface area contributed by atoms with Gasteiger partial charge in [-0.3, -0.25) is 10.1 Å². The van der Waals surface area contributed by atoms with E-state index in [1.165, 1.54) is 11.3 Å². The fourth-order valence-corrected chi connectivity index (χ4v) is 1.74. The van der Waals surface area contributed by atoms with Crippen LogP contribution in [0.5, 0.6) is 5.88 Å². The van der Waals surface area contributed by atoms with Crippen molar-refractivity contribution in [2.24, 2.45) is 0 Å². The molecule has 1 amide bonds. The predicted molar refractivity (Wildman–Crippen MR) is 72.5 cm³/mol. The molecule has 0 saturated carbocycles. The lowest BCUT2D eigenvalue weighted by atomic mass is 10.2. The number of carbonyl (C=O) groups excluding carboxylic acids is 1. The highest BCUT2D eigenvalue weighted by Crippen LogP contribution is 2.15. The Kier molecular flexibility index (Phi) is 4.40. The molecule has 1 atom stereocenters. The topological polar surface area (TPSA) is 77.0 Å². The Hall–Kier alpha value is -2.02. The van der Waals surface area contributed by atoms with Gasteiger partial charge in [-0.25, -0.2) is 4.98 Å². The maximum Gasteiger partial charge on any atom is 0.257 e. The molecule has 19 heavy (non-hydrogen) atoms. The van der Waals surface area contributed by atoms with Gasteiger partial charge in [-0.15, -0.1) is 10.2 Å². The molecule has 2 heterocycles. The number of pyridine rings is 1. The largest absolute Gasteiger partial charge is 0.475 e. The number of amides is 1. The van der Waals surface area contributed by atoms with Gasteiger partial charge in [-0.1, -0.05) is 18.3 Å². The molecule has 0 spiro atoms. The lowest BCUT2D eigenvalue weighted by Gasteiger charge is -2.11. The molecule has 0 saturated heterocycles. The Morgan fingerprint density at radius 3 is 3.11 bits per heavy atom. The third-order valence-electron chi connectivity index (χ3n) is 2.47. The van der Waals surface area contributed by atoms with Gasteiger partial charge in [0.2, 0.25) is 11.0 Å². The average molecular weight is 278 g/mol. The molecule has 0 aromatic carbocycles. The number of hydrogen-bond donors (Lipinski definition) is 1. The van der Waals surface area contributed by atoms with Gasteiger partial charge in [-0.05, 0) is 19.4 Å². The molecule has 0 aliphatic carbocycles. The maximum absolute atomic E-state index is 12.0. The fourth-order valence-electron chi connectivity index (χ4n) is 1.30. The number of nitrogens with one attached hydrogen (secondary N) is 1. The first kappa shape index (κ1) is 13.4. The van der Waals surface area contributed by atoms with E-state index in [-0.39, 0.29) is 12.0 Å². The first-order chi connectivity index (χ1) is 9.19. The standard InChI is InChI=1S/C12H14N4O2S/c1-3-8(2)18-10-6-9(4-5-13-10)11(17)15-12-16-14-7-19-12/h4-8H,3H2,1-2H3,(H,15,16,17)/t8-/m1/s1. The third kappa shape index (κ3) is 3.72. The van der Waals surface area contributed by atoms with Crippen LogP contribution in [0.2, 0.25) is 0 Å². The van der Waals surface area contributed by atoms with Gasteiger partial charge < -0.3 is 4.74 Å². The number of hydrogen-bond acceptors (Lipinski definition) is 6. The third-order valence-corrected chi connectivity index (χ3v) is 3.08. The second-order valence-corrected chi connectivity index (χ2v) is 4.75. The monoisotopic (exact) mass is 278 g/mol. The van der Waals surface area contributed by atoms with Gasteiger partial charge in [0, 0.05) is 17.8 Å². The van der Waals surface area contributed by atoms with Crippen LogP contribution < -0.4 is 10.1 Å². The first-order valence-corrected chi connectivity index (χ1v) is 6.77. The highest BCUT2D eigenvalue weighted by Gasteiger charge is 2.10. The van der Waals surface area contributed by atoms with Crippen molar-refractivity contribution in [3.05, 3.63) is 29.4 Å². The molecule has 0 radical (unpaired) electrons. The van der Waals surface area contributed by atoms with Crippen LogP contribution >= 0.6 is 11.3 Å². The van der Waals surface area contributed by atoms with Gasteiger partial charge in [0.15, 0.2) is 0 Å². The summed E-state index contributed by atoms with van der Waals surface area (Å²) in [6, 6.07) is 3.24. The van der Waals surface area contributed by atoms with Crippen molar-refractivity contribution in [1.82, 2.24) is 15.2 Å². The summed E-state index contributed by atoms with van der Waals surface area (Å²) in [6.45, 7) is 3.98. The van der Waals surface area contributed by atoms with Crippen molar-refractivity contribution in [2.75, 3.05) is 5.32 Å². The quantitative estimate of drug-likeness (QED) is 0.908. The second kappa shape index (κ2) is 6.24. The van der Waals surface area contributed by atoms with Crippen LogP contribution in [0.4, 0.5) is 5.13 Å². The Morgan fingerprint density at radius 1 is 1.58 bits per heavy atom. The van der Waals surface area contributed by atoms with Crippen molar-refractivity contribution >= 4 is 22.4 Å². The van der Waals surface area contributed by atoms with Crippen LogP contribution in [0.25, 0.3) is 0 Å². The zero-order chi connectivity index (χ0) is 13.7. The lowest BCUT2D eigenvalue weighted by Crippen LogP contribution is -2.14. The fraction of sp³-hybridized carbons (Fsp3) is 0.333. The number of nitrogens with zero attached hydrogens (tertiary/aromatic N) is 3. The Morgan fingerprint density at radius 2 is 2.42 bits per heavy atom. The van der Waals surface area contributed by atoms with Crippen molar-refractivity contribution < 1.29 is 9.53 Å². The van der Waals surface area contributed by atoms with Crippen LogP contribution in [0.3, 0.4) is 0 Å². The van der Waals surface area contributed by atoms with Crippen molar-refractivity contribution in [1.29, 1.82) is 0 Å². The Balaban J connectivity index is 2.07. The number of anilines is 1. The smallest absolute Gasteiger partial charge is 0.257 e. The normalized spacial score (nSPS) is 11.9. The zero-order valence-corrected chi connectivity index (χ0v) is 11.5. The molecule has 0 aliphatic rings. The van der Waals surface area contributed by atoms with Gasteiger partial charge in [0.25, 0.3) is 5.91 Å². The minimum atomic E-state index is -0.256. The van der Waals surface area contributed by atoms with E-state index >= 15 is 0 Å². The molecule has 0 bridgehead atoms. The highest BCUT2D eigenvalue weighted by atomic mass is 32.1. The van der Waals surface area contributed by atoms with Crippen LogP contribution in [0.1, 0.15) is 30.6 Å². The molecule has 2 aromatic rings. The van der Waals surface area contributed by atoms with Crippen LogP contribution in [0.15, 0.2) is 23.8 Å². The summed E-state index contributed by atoms with van der Waals surface area (Å²) >= 11 is 1.26. The summed E-state index contributed by atoms with van der Waals surface area (Å²) in [5.41, 5.74) is 2.03. The van der Waals surface area contributed by atoms with E-state index in [4.69, 9.17) is 4.74 Å². The summed E-state index contributed by atoms with van der Waals surface area (Å²) in [5, 5.41) is 10.5. The van der Waals surface area contributed by atoms with E-state index in [0.717, 1.165) is 6.42 Å². The molecular weight excluding hydrogens is 264 g/mol. The molecule has 6 nitrogen and oxygen atoms in total. The van der Waals surface area contributed by atoms with E-state index in [2.05, 4.69) is 20.5 Å². The molecule has 0 unspecified atom stereocenters. The highest BCUT2D eigenvalue weighted by molar-refractivity contribution is 7.13. The van der Waals surface area contributed by atoms with Crippen LogP contribution in [-0.4, -0.2) is 27.2 Å². The molecule has 100 valence electrons. The molecule has 7 heteroatoms. The minimum absolute atomic E-state index is 0.0639. The SMILES string of the molecule is CC[C@@H](C)Oc1cc(C(=O)Nc2nncs2)ccn1. The average Bonchev–Trinajstić information content (AvgIpc) is 2.91. The number of ether oxygens (including phenoxy) is 1. The van der Waals surface area contributed by atoms with Crippen molar-refractivity contribution in [2.45, 2.75) is 26.4 Å². The molecule has 2 aromatic heterocycles. The first-order valence-electron chi connectivity index (χ1n) is 5.89. The van der Waals surface area contributed by atoms with Crippen LogP contribution in [-0.2, 0) is 0 Å². The van der Waals surface area contributed by atoms with E-state index in [1.54, 1.807) is 23.8 Å². The minimum Gasteiger partial charge on any atom is -0.475 e. The van der Waals surface area contributed by atoms with E-state index in [9.17, 15) is 4.79 Å². The molecule has 2 rings (SSSR count). The predicted octanol–water partition coefficient (Wildman–Crippen LogP) is 2.36. The van der Waals surface area contributed by atoms with E-state index in [0.29, 0.717) is 16.6 Å². The van der Waals surface area contributed by atoms with Crippen molar-refractivity contribution in [3.63, 3.8) is 0 Å². The Labute approximate surface area is 114 Å². The molecule has 1 N–H and O–H groups in total. The van der Waals surface area contributed by atoms with E-state index < -0.39 is 0 Å². The molecule has 0 fully saturated rings. The van der Waals surface area contributed by atoms with E-state index in [1.807, 2.05) is 13.8 Å². The van der Waals surface area contributed by atoms with Gasteiger partial charge in [0.1, 0.15) is 5.51 Å². The van der Waals surface area contributed by atoms with Gasteiger partial charge in [-0.2, -0.15) is 0 Å². The lowest BCUT2D eigenvalue weighted by molar-refractivity contribution is 0.102. The summed E-state index contributed by atoms with van der Waals surface area (Å²) in [4.78, 5) is 16.0. The summed E-state index contributed by atoms with van der Waals surface area (Å²) in [6.07, 6.45) is 2.49. The summed E-state index contributed by atoms with van der Waals surface area (Å²) < 4.78 is 5.57. The number of aromatic nitrogens is 3. The summed E-state index contributed by atoms with van der Waals surface area (Å²) in [5.74, 6) is 0.187. The van der Waals surface area contributed by atoms with Crippen molar-refractivity contribution in [3.8, 4) is 5.88 Å². The molecular formula is C12H14N4O2S. The number of carbonyl (C=O) groups is 1. The Bertz CT molecular complexity index is 544. The zero-order valence-electron chi connectivity index (χ0n) is 10.7. The van der Waals surface area contributed by atoms with Gasteiger partial charge >= 0.3 is 0 Å². The second-order valence-electron chi connectivity index (χ2n) is 3.92.